The molecule has 24 heavy (non-hydrogen) atoms. The Bertz CT molecular complexity index is 671. The second-order valence-electron chi connectivity index (χ2n) is 6.90. The van der Waals surface area contributed by atoms with Crippen LogP contribution in [0, 0.1) is 5.92 Å². The summed E-state index contributed by atoms with van der Waals surface area (Å²) in [5.74, 6) is 1.57. The normalized spacial score (nSPS) is 15.7. The molecule has 0 unspecified atom stereocenters. The SMILES string of the molecule is CCCCn1c(CCNC(=O)C2CCCCC2)nc2ccccc21. The largest absolute Gasteiger partial charge is 0.355 e. The molecule has 1 heterocycles. The van der Waals surface area contributed by atoms with E-state index in [1.54, 1.807) is 0 Å². The lowest BCUT2D eigenvalue weighted by atomic mass is 9.89. The molecule has 2 aromatic rings. The summed E-state index contributed by atoms with van der Waals surface area (Å²) in [5, 5.41) is 3.14. The first-order chi connectivity index (χ1) is 11.8. The lowest BCUT2D eigenvalue weighted by Crippen LogP contribution is -2.33. The van der Waals surface area contributed by atoms with Gasteiger partial charge in [-0.2, -0.15) is 0 Å². The van der Waals surface area contributed by atoms with Gasteiger partial charge >= 0.3 is 0 Å². The van der Waals surface area contributed by atoms with Gasteiger partial charge in [-0.3, -0.25) is 4.79 Å². The summed E-state index contributed by atoms with van der Waals surface area (Å²) in [6, 6.07) is 8.32. The van der Waals surface area contributed by atoms with Crippen LogP contribution in [0.5, 0.6) is 0 Å². The number of benzene rings is 1. The Labute approximate surface area is 144 Å². The number of carbonyl (C=O) groups excluding carboxylic acids is 1. The number of amides is 1. The lowest BCUT2D eigenvalue weighted by molar-refractivity contribution is -0.125. The van der Waals surface area contributed by atoms with E-state index in [0.29, 0.717) is 6.54 Å². The monoisotopic (exact) mass is 327 g/mol. The molecule has 1 N–H and O–H groups in total. The standard InChI is InChI=1S/C20H29N3O/c1-2-3-15-23-18-12-8-7-11-17(18)22-19(23)13-14-21-20(24)16-9-5-4-6-10-16/h7-8,11-12,16H,2-6,9-10,13-15H2,1H3,(H,21,24). The van der Waals surface area contributed by atoms with E-state index in [9.17, 15) is 4.79 Å². The van der Waals surface area contributed by atoms with Crippen LogP contribution in [0.25, 0.3) is 11.0 Å². The van der Waals surface area contributed by atoms with Gasteiger partial charge in [0.05, 0.1) is 11.0 Å². The molecule has 0 atom stereocenters. The number of aromatic nitrogens is 2. The number of nitrogens with one attached hydrogen (secondary N) is 1. The van der Waals surface area contributed by atoms with Gasteiger partial charge in [0.25, 0.3) is 0 Å². The van der Waals surface area contributed by atoms with E-state index in [-0.39, 0.29) is 11.8 Å². The smallest absolute Gasteiger partial charge is 0.223 e. The number of aryl methyl sites for hydroxylation is 1. The maximum atomic E-state index is 12.3. The molecule has 1 aromatic heterocycles. The van der Waals surface area contributed by atoms with Crippen LogP contribution in [0.4, 0.5) is 0 Å². The van der Waals surface area contributed by atoms with Crippen molar-refractivity contribution in [3.63, 3.8) is 0 Å². The molecule has 3 rings (SSSR count). The number of carbonyl (C=O) groups is 1. The minimum Gasteiger partial charge on any atom is -0.355 e. The van der Waals surface area contributed by atoms with E-state index in [1.165, 1.54) is 31.2 Å². The zero-order valence-corrected chi connectivity index (χ0v) is 14.8. The molecule has 1 aliphatic rings. The molecule has 0 spiro atoms. The Kier molecular flexibility index (Phi) is 5.89. The number of hydrogen-bond donors (Lipinski definition) is 1. The van der Waals surface area contributed by atoms with Crippen LogP contribution in [-0.4, -0.2) is 22.0 Å². The van der Waals surface area contributed by atoms with Crippen molar-refractivity contribution in [1.82, 2.24) is 14.9 Å². The maximum absolute atomic E-state index is 12.3. The van der Waals surface area contributed by atoms with Gasteiger partial charge < -0.3 is 9.88 Å². The van der Waals surface area contributed by atoms with Crippen LogP contribution >= 0.6 is 0 Å². The first kappa shape index (κ1) is 17.0. The molecule has 0 aliphatic heterocycles. The number of para-hydroxylation sites is 2. The van der Waals surface area contributed by atoms with E-state index in [2.05, 4.69) is 35.0 Å². The predicted octanol–water partition coefficient (Wildman–Crippen LogP) is 4.08. The van der Waals surface area contributed by atoms with Gasteiger partial charge in [0.2, 0.25) is 5.91 Å². The van der Waals surface area contributed by atoms with Crippen molar-refractivity contribution in [2.75, 3.05) is 6.54 Å². The summed E-state index contributed by atoms with van der Waals surface area (Å²) in [6.07, 6.45) is 8.92. The molecule has 0 bridgehead atoms. The van der Waals surface area contributed by atoms with Gasteiger partial charge in [0.15, 0.2) is 0 Å². The number of nitrogens with zero attached hydrogens (tertiary/aromatic N) is 2. The van der Waals surface area contributed by atoms with Crippen molar-refractivity contribution in [2.24, 2.45) is 5.92 Å². The summed E-state index contributed by atoms with van der Waals surface area (Å²) in [7, 11) is 0. The molecule has 1 aliphatic carbocycles. The van der Waals surface area contributed by atoms with Crippen LogP contribution in [0.2, 0.25) is 0 Å². The third-order valence-electron chi connectivity index (χ3n) is 5.09. The minimum absolute atomic E-state index is 0.234. The summed E-state index contributed by atoms with van der Waals surface area (Å²) in [5.41, 5.74) is 2.27. The fraction of sp³-hybridized carbons (Fsp3) is 0.600. The van der Waals surface area contributed by atoms with Gasteiger partial charge in [-0.1, -0.05) is 44.7 Å². The van der Waals surface area contributed by atoms with Crippen LogP contribution in [0.15, 0.2) is 24.3 Å². The van der Waals surface area contributed by atoms with Crippen LogP contribution < -0.4 is 5.32 Å². The van der Waals surface area contributed by atoms with E-state index in [0.717, 1.165) is 43.6 Å². The van der Waals surface area contributed by atoms with E-state index in [1.807, 2.05) is 6.07 Å². The van der Waals surface area contributed by atoms with Crippen molar-refractivity contribution < 1.29 is 4.79 Å². The molecular weight excluding hydrogens is 298 g/mol. The molecule has 1 saturated carbocycles. The topological polar surface area (TPSA) is 46.9 Å². The molecule has 130 valence electrons. The van der Waals surface area contributed by atoms with E-state index >= 15 is 0 Å². The van der Waals surface area contributed by atoms with Crippen LogP contribution in [0.3, 0.4) is 0 Å². The number of imidazole rings is 1. The van der Waals surface area contributed by atoms with Gasteiger partial charge in [0, 0.05) is 25.4 Å². The maximum Gasteiger partial charge on any atom is 0.223 e. The summed E-state index contributed by atoms with van der Waals surface area (Å²) < 4.78 is 2.32. The van der Waals surface area contributed by atoms with Crippen molar-refractivity contribution >= 4 is 16.9 Å². The fourth-order valence-electron chi connectivity index (χ4n) is 3.69. The lowest BCUT2D eigenvalue weighted by Gasteiger charge is -2.20. The average Bonchev–Trinajstić information content (AvgIpc) is 2.98. The number of hydrogen-bond acceptors (Lipinski definition) is 2. The number of fused-ring (bicyclic) bond motifs is 1. The highest BCUT2D eigenvalue weighted by Gasteiger charge is 2.20. The molecule has 4 nitrogen and oxygen atoms in total. The Morgan fingerprint density at radius 3 is 2.83 bits per heavy atom. The Hall–Kier alpha value is -1.84. The first-order valence-electron chi connectivity index (χ1n) is 9.51. The summed E-state index contributed by atoms with van der Waals surface area (Å²) in [6.45, 7) is 3.90. The van der Waals surface area contributed by atoms with Gasteiger partial charge in [-0.05, 0) is 31.4 Å². The van der Waals surface area contributed by atoms with Crippen LogP contribution in [-0.2, 0) is 17.8 Å². The molecule has 4 heteroatoms. The quantitative estimate of drug-likeness (QED) is 0.833. The Balaban J connectivity index is 1.62. The first-order valence-corrected chi connectivity index (χ1v) is 9.51. The summed E-state index contributed by atoms with van der Waals surface area (Å²) in [4.78, 5) is 17.1. The number of unbranched alkanes of at least 4 members (excludes halogenated alkanes) is 1. The van der Waals surface area contributed by atoms with Crippen molar-refractivity contribution in [2.45, 2.75) is 64.8 Å². The van der Waals surface area contributed by atoms with Crippen LogP contribution in [0.1, 0.15) is 57.7 Å². The summed E-state index contributed by atoms with van der Waals surface area (Å²) >= 11 is 0. The van der Waals surface area contributed by atoms with Gasteiger partial charge in [-0.15, -0.1) is 0 Å². The van der Waals surface area contributed by atoms with E-state index < -0.39 is 0 Å². The second kappa shape index (κ2) is 8.32. The highest BCUT2D eigenvalue weighted by Crippen LogP contribution is 2.23. The highest BCUT2D eigenvalue weighted by molar-refractivity contribution is 5.78. The zero-order chi connectivity index (χ0) is 16.8. The second-order valence-corrected chi connectivity index (χ2v) is 6.90. The number of rotatable bonds is 7. The zero-order valence-electron chi connectivity index (χ0n) is 14.8. The average molecular weight is 327 g/mol. The third kappa shape index (κ3) is 3.97. The third-order valence-corrected chi connectivity index (χ3v) is 5.09. The van der Waals surface area contributed by atoms with Gasteiger partial charge in [0.1, 0.15) is 5.82 Å². The predicted molar refractivity (Wildman–Crippen MR) is 97.9 cm³/mol. The van der Waals surface area contributed by atoms with Crippen molar-refractivity contribution in [3.05, 3.63) is 30.1 Å². The molecule has 0 radical (unpaired) electrons. The molecule has 1 aromatic carbocycles. The Morgan fingerprint density at radius 1 is 1.25 bits per heavy atom. The van der Waals surface area contributed by atoms with Crippen molar-refractivity contribution in [1.29, 1.82) is 0 Å². The molecule has 1 fully saturated rings. The minimum atomic E-state index is 0.234. The molecule has 0 saturated heterocycles. The van der Waals surface area contributed by atoms with Crippen molar-refractivity contribution in [3.8, 4) is 0 Å². The highest BCUT2D eigenvalue weighted by atomic mass is 16.1. The van der Waals surface area contributed by atoms with Gasteiger partial charge in [-0.25, -0.2) is 4.98 Å². The molecule has 1 amide bonds. The Morgan fingerprint density at radius 2 is 2.04 bits per heavy atom. The fourth-order valence-corrected chi connectivity index (χ4v) is 3.69. The van der Waals surface area contributed by atoms with E-state index in [4.69, 9.17) is 4.98 Å². The molecular formula is C20H29N3O.